The summed E-state index contributed by atoms with van der Waals surface area (Å²) in [5.41, 5.74) is 8.32. The lowest BCUT2D eigenvalue weighted by atomic mass is 9.95. The summed E-state index contributed by atoms with van der Waals surface area (Å²) in [5.74, 6) is 0. The summed E-state index contributed by atoms with van der Waals surface area (Å²) in [5, 5.41) is 0.939. The van der Waals surface area contributed by atoms with Gasteiger partial charge in [0.2, 0.25) is 10.0 Å². The molecule has 0 saturated carbocycles. The van der Waals surface area contributed by atoms with Crippen molar-refractivity contribution < 1.29 is 12.8 Å². The zero-order valence-electron chi connectivity index (χ0n) is 21.2. The molecule has 4 rings (SSSR count). The van der Waals surface area contributed by atoms with E-state index in [2.05, 4.69) is 17.9 Å². The van der Waals surface area contributed by atoms with E-state index in [1.165, 1.54) is 0 Å². The summed E-state index contributed by atoms with van der Waals surface area (Å²) in [4.78, 5) is 14.8. The molecule has 7 heteroatoms. The topological polar surface area (TPSA) is 70.8 Å². The minimum absolute atomic E-state index is 0.358. The van der Waals surface area contributed by atoms with Gasteiger partial charge in [0.05, 0.1) is 4.90 Å². The molecule has 1 aliphatic rings. The van der Waals surface area contributed by atoms with Gasteiger partial charge in [-0.15, -0.1) is 0 Å². The molecule has 2 aromatic carbocycles. The number of rotatable bonds is 4. The van der Waals surface area contributed by atoms with Crippen LogP contribution in [0.15, 0.2) is 32.3 Å². The quantitative estimate of drug-likeness (QED) is 0.514. The van der Waals surface area contributed by atoms with E-state index in [9.17, 15) is 13.2 Å². The van der Waals surface area contributed by atoms with Crippen molar-refractivity contribution in [1.29, 1.82) is 0 Å². The van der Waals surface area contributed by atoms with E-state index >= 15 is 0 Å². The monoisotopic (exact) mass is 482 g/mol. The van der Waals surface area contributed by atoms with Gasteiger partial charge >= 0.3 is 5.63 Å². The third-order valence-electron chi connectivity index (χ3n) is 7.70. The molecule has 1 aromatic heterocycles. The fourth-order valence-corrected chi connectivity index (χ4v) is 6.95. The standard InChI is InChI=1S/C27H34N2O4S/c1-16-12-24-23(14-26(30)33-25(24)13-17(16)2)15-28-8-10-29(11-9-28)34(31,32)27-21(6)19(4)18(3)20(5)22(27)7/h12-14H,8-11,15H2,1-7H3. The van der Waals surface area contributed by atoms with Gasteiger partial charge in [0.25, 0.3) is 0 Å². The molecule has 0 bridgehead atoms. The largest absolute Gasteiger partial charge is 0.423 e. The Bertz CT molecular complexity index is 1420. The van der Waals surface area contributed by atoms with Gasteiger partial charge in [0.15, 0.2) is 0 Å². The van der Waals surface area contributed by atoms with Crippen molar-refractivity contribution in [3.63, 3.8) is 0 Å². The second-order valence-electron chi connectivity index (χ2n) is 9.66. The van der Waals surface area contributed by atoms with Crippen LogP contribution >= 0.6 is 0 Å². The van der Waals surface area contributed by atoms with Crippen LogP contribution in [0.1, 0.15) is 44.5 Å². The van der Waals surface area contributed by atoms with Crippen molar-refractivity contribution in [1.82, 2.24) is 9.21 Å². The Morgan fingerprint density at radius 1 is 0.765 bits per heavy atom. The zero-order valence-corrected chi connectivity index (χ0v) is 22.0. The maximum absolute atomic E-state index is 13.7. The van der Waals surface area contributed by atoms with Gasteiger partial charge in [0, 0.05) is 44.2 Å². The molecule has 0 unspecified atom stereocenters. The predicted molar refractivity (Wildman–Crippen MR) is 136 cm³/mol. The van der Waals surface area contributed by atoms with Crippen molar-refractivity contribution in [3.05, 3.63) is 73.1 Å². The van der Waals surface area contributed by atoms with Crippen LogP contribution in [0.5, 0.6) is 0 Å². The number of piperazine rings is 1. The van der Waals surface area contributed by atoms with E-state index in [1.54, 1.807) is 10.4 Å². The van der Waals surface area contributed by atoms with Crippen LogP contribution in [0.25, 0.3) is 11.0 Å². The second-order valence-corrected chi connectivity index (χ2v) is 11.5. The fraction of sp³-hybridized carbons (Fsp3) is 0.444. The van der Waals surface area contributed by atoms with Gasteiger partial charge in [-0.1, -0.05) is 0 Å². The summed E-state index contributed by atoms with van der Waals surface area (Å²) < 4.78 is 34.3. The molecule has 6 nitrogen and oxygen atoms in total. The highest BCUT2D eigenvalue weighted by atomic mass is 32.2. The molecule has 0 amide bonds. The number of nitrogens with zero attached hydrogens (tertiary/aromatic N) is 2. The Morgan fingerprint density at radius 2 is 1.29 bits per heavy atom. The Morgan fingerprint density at radius 3 is 1.88 bits per heavy atom. The normalized spacial score (nSPS) is 15.9. The SMILES string of the molecule is Cc1cc2oc(=O)cc(CN3CCN(S(=O)(=O)c4c(C)c(C)c(C)c(C)c4C)CC3)c2cc1C. The van der Waals surface area contributed by atoms with E-state index in [-0.39, 0.29) is 5.63 Å². The molecule has 0 atom stereocenters. The molecule has 3 aromatic rings. The van der Waals surface area contributed by atoms with Crippen LogP contribution in [0.2, 0.25) is 0 Å². The number of sulfonamides is 1. The molecule has 1 saturated heterocycles. The van der Waals surface area contributed by atoms with Crippen LogP contribution in [-0.4, -0.2) is 43.8 Å². The average Bonchev–Trinajstić information content (AvgIpc) is 2.78. The maximum Gasteiger partial charge on any atom is 0.336 e. The van der Waals surface area contributed by atoms with E-state index < -0.39 is 10.0 Å². The van der Waals surface area contributed by atoms with Crippen LogP contribution in [0, 0.1) is 48.5 Å². The second kappa shape index (κ2) is 8.95. The Kier molecular flexibility index (Phi) is 6.48. The van der Waals surface area contributed by atoms with Gasteiger partial charge in [0.1, 0.15) is 5.58 Å². The minimum atomic E-state index is -3.59. The lowest BCUT2D eigenvalue weighted by molar-refractivity contribution is 0.182. The van der Waals surface area contributed by atoms with Gasteiger partial charge in [-0.25, -0.2) is 13.2 Å². The van der Waals surface area contributed by atoms with Gasteiger partial charge in [-0.05, 0) is 105 Å². The number of hydrogen-bond donors (Lipinski definition) is 0. The summed E-state index contributed by atoms with van der Waals surface area (Å²) in [6.07, 6.45) is 0. The molecule has 0 aliphatic carbocycles. The van der Waals surface area contributed by atoms with Crippen molar-refractivity contribution in [3.8, 4) is 0 Å². The summed E-state index contributed by atoms with van der Waals surface area (Å²) in [6, 6.07) is 5.54. The molecular formula is C27H34N2O4S. The molecule has 2 heterocycles. The highest BCUT2D eigenvalue weighted by molar-refractivity contribution is 7.89. The Labute approximate surface area is 202 Å². The van der Waals surface area contributed by atoms with Crippen molar-refractivity contribution in [2.45, 2.75) is 59.9 Å². The first-order valence-electron chi connectivity index (χ1n) is 11.7. The lowest BCUT2D eigenvalue weighted by Gasteiger charge is -2.35. The first kappa shape index (κ1) is 24.6. The fourth-order valence-electron chi connectivity index (χ4n) is 4.96. The Balaban J connectivity index is 1.57. The molecule has 0 radical (unpaired) electrons. The highest BCUT2D eigenvalue weighted by Gasteiger charge is 2.32. The van der Waals surface area contributed by atoms with E-state index in [0.29, 0.717) is 43.2 Å². The first-order chi connectivity index (χ1) is 15.9. The first-order valence-corrected chi connectivity index (χ1v) is 13.2. The average molecular weight is 483 g/mol. The van der Waals surface area contributed by atoms with Gasteiger partial charge in [-0.2, -0.15) is 4.31 Å². The van der Waals surface area contributed by atoms with E-state index in [1.807, 2.05) is 47.6 Å². The lowest BCUT2D eigenvalue weighted by Crippen LogP contribution is -2.48. The molecule has 34 heavy (non-hydrogen) atoms. The van der Waals surface area contributed by atoms with E-state index in [4.69, 9.17) is 4.42 Å². The van der Waals surface area contributed by atoms with E-state index in [0.717, 1.165) is 49.9 Å². The van der Waals surface area contributed by atoms with Crippen molar-refractivity contribution in [2.75, 3.05) is 26.2 Å². The van der Waals surface area contributed by atoms with Crippen LogP contribution in [0.3, 0.4) is 0 Å². The van der Waals surface area contributed by atoms with Crippen LogP contribution in [0.4, 0.5) is 0 Å². The third-order valence-corrected chi connectivity index (χ3v) is 9.87. The predicted octanol–water partition coefficient (Wildman–Crippen LogP) is 4.46. The molecule has 0 N–H and O–H groups in total. The van der Waals surface area contributed by atoms with Crippen LogP contribution in [-0.2, 0) is 16.6 Å². The minimum Gasteiger partial charge on any atom is -0.423 e. The van der Waals surface area contributed by atoms with Gasteiger partial charge in [-0.3, -0.25) is 4.90 Å². The number of benzene rings is 2. The summed E-state index contributed by atoms with van der Waals surface area (Å²) >= 11 is 0. The third kappa shape index (κ3) is 4.21. The summed E-state index contributed by atoms with van der Waals surface area (Å²) in [6.45, 7) is 16.6. The van der Waals surface area contributed by atoms with Gasteiger partial charge < -0.3 is 4.42 Å². The Hall–Kier alpha value is -2.48. The van der Waals surface area contributed by atoms with Crippen LogP contribution < -0.4 is 5.63 Å². The number of hydrogen-bond acceptors (Lipinski definition) is 5. The smallest absolute Gasteiger partial charge is 0.336 e. The maximum atomic E-state index is 13.7. The van der Waals surface area contributed by atoms with Crippen molar-refractivity contribution >= 4 is 21.0 Å². The molecule has 182 valence electrons. The molecular weight excluding hydrogens is 448 g/mol. The number of aryl methyl sites for hydroxylation is 2. The molecule has 1 aliphatic heterocycles. The zero-order chi connectivity index (χ0) is 24.9. The molecule has 0 spiro atoms. The summed E-state index contributed by atoms with van der Waals surface area (Å²) in [7, 11) is -3.59. The highest BCUT2D eigenvalue weighted by Crippen LogP contribution is 2.32. The number of fused-ring (bicyclic) bond motifs is 1. The van der Waals surface area contributed by atoms with Crippen molar-refractivity contribution in [2.24, 2.45) is 0 Å². The molecule has 1 fully saturated rings.